The molecule has 0 bridgehead atoms. The van der Waals surface area contributed by atoms with Crippen molar-refractivity contribution >= 4 is 46.7 Å². The highest BCUT2D eigenvalue weighted by Crippen LogP contribution is 2.58. The number of thiophene rings is 1. The summed E-state index contributed by atoms with van der Waals surface area (Å²) in [5, 5.41) is 13.9. The number of fused-ring (bicyclic) bond motifs is 2. The molecule has 240 valence electrons. The van der Waals surface area contributed by atoms with Crippen molar-refractivity contribution in [3.05, 3.63) is 70.6 Å². The highest BCUT2D eigenvalue weighted by atomic mass is 32.1. The van der Waals surface area contributed by atoms with E-state index in [1.54, 1.807) is 29.2 Å². The van der Waals surface area contributed by atoms with Crippen molar-refractivity contribution in [1.82, 2.24) is 15.1 Å². The molecule has 2 aromatic carbocycles. The van der Waals surface area contributed by atoms with E-state index in [0.29, 0.717) is 35.2 Å². The molecule has 1 saturated carbocycles. The average molecular weight is 661 g/mol. The number of carbonyl (C=O) groups is 3. The molecule has 0 unspecified atom stereocenters. The van der Waals surface area contributed by atoms with E-state index in [1.807, 2.05) is 35.2 Å². The third kappa shape index (κ3) is 5.66. The van der Waals surface area contributed by atoms with E-state index in [9.17, 15) is 34.0 Å². The lowest BCUT2D eigenvalue weighted by Crippen LogP contribution is -2.57. The van der Waals surface area contributed by atoms with Crippen LogP contribution in [0.3, 0.4) is 0 Å². The molecule has 3 saturated heterocycles. The van der Waals surface area contributed by atoms with E-state index in [-0.39, 0.29) is 41.8 Å². The second kappa shape index (κ2) is 11.9. The molecular formula is C34H37N4O6PS. The van der Waals surface area contributed by atoms with Gasteiger partial charge in [-0.05, 0) is 73.2 Å². The Morgan fingerprint density at radius 3 is 2.52 bits per heavy atom. The molecule has 4 aliphatic rings. The summed E-state index contributed by atoms with van der Waals surface area (Å²) in [5.41, 5.74) is 1.07. The van der Waals surface area contributed by atoms with E-state index < -0.39 is 25.2 Å². The van der Waals surface area contributed by atoms with Crippen molar-refractivity contribution in [1.29, 1.82) is 5.26 Å². The Bertz CT molecular complexity index is 1780. The van der Waals surface area contributed by atoms with Crippen LogP contribution in [0.15, 0.2) is 54.6 Å². The molecular weight excluding hydrogens is 623 g/mol. The second-order valence-electron chi connectivity index (χ2n) is 13.3. The van der Waals surface area contributed by atoms with Crippen LogP contribution in [0.25, 0.3) is 10.1 Å². The van der Waals surface area contributed by atoms with Crippen molar-refractivity contribution in [3.63, 3.8) is 0 Å². The third-order valence-electron chi connectivity index (χ3n) is 10.4. The number of nitrogens with zero attached hydrogens (tertiary/aromatic N) is 3. The number of hydrogen-bond donors (Lipinski definition) is 3. The van der Waals surface area contributed by atoms with Gasteiger partial charge >= 0.3 is 7.60 Å². The number of amides is 3. The van der Waals surface area contributed by atoms with Gasteiger partial charge in [-0.25, -0.2) is 0 Å². The summed E-state index contributed by atoms with van der Waals surface area (Å²) in [4.78, 5) is 64.9. The minimum atomic E-state index is -4.23. The monoisotopic (exact) mass is 660 g/mol. The average Bonchev–Trinajstić information content (AvgIpc) is 3.37. The van der Waals surface area contributed by atoms with Gasteiger partial charge < -0.3 is 24.9 Å². The number of rotatable bonds is 6. The van der Waals surface area contributed by atoms with Crippen LogP contribution < -0.4 is 5.32 Å². The standard InChI is InChI=1S/C34H37N4O6PS/c35-18-26-25(22-6-2-1-3-7-22)19-37(34(26)14-15-34)33(41)28-12-11-24-8-4-5-9-27(32(40)38(24)28)36-31(39)30-17-23-16-21(20-45(42,43)44)10-13-29(23)46-30/h1-3,6-7,10,13,16-17,24-28H,4-5,8-9,11-12,14-15,19-20H2,(H,36,39)(H2,42,43,44)/t24-,25-,26-,27-,28-/m0/s1. The maximum absolute atomic E-state index is 14.4. The summed E-state index contributed by atoms with van der Waals surface area (Å²) >= 11 is 1.26. The van der Waals surface area contributed by atoms with Crippen LogP contribution in [0.4, 0.5) is 0 Å². The van der Waals surface area contributed by atoms with Crippen molar-refractivity contribution in [2.24, 2.45) is 5.92 Å². The fourth-order valence-corrected chi connectivity index (χ4v) is 9.73. The van der Waals surface area contributed by atoms with Crippen molar-refractivity contribution in [3.8, 4) is 6.07 Å². The first-order valence-electron chi connectivity index (χ1n) is 16.0. The van der Waals surface area contributed by atoms with Crippen LogP contribution >= 0.6 is 18.9 Å². The van der Waals surface area contributed by atoms with Gasteiger partial charge in [0, 0.05) is 23.2 Å². The van der Waals surface area contributed by atoms with Crippen LogP contribution in [0.1, 0.15) is 78.1 Å². The maximum Gasteiger partial charge on any atom is 0.329 e. The zero-order chi connectivity index (χ0) is 32.2. The molecule has 4 heterocycles. The summed E-state index contributed by atoms with van der Waals surface area (Å²) in [6.45, 7) is 0.465. The number of hydrogen-bond acceptors (Lipinski definition) is 6. The molecule has 0 radical (unpaired) electrons. The maximum atomic E-state index is 14.4. The van der Waals surface area contributed by atoms with Crippen LogP contribution in [0.2, 0.25) is 0 Å². The lowest BCUT2D eigenvalue weighted by Gasteiger charge is -2.37. The predicted molar refractivity (Wildman–Crippen MR) is 173 cm³/mol. The minimum Gasteiger partial charge on any atom is -0.340 e. The second-order valence-corrected chi connectivity index (χ2v) is 16.0. The molecule has 4 fully saturated rings. The first-order valence-corrected chi connectivity index (χ1v) is 18.7. The summed E-state index contributed by atoms with van der Waals surface area (Å²) in [5.74, 6) is -1.04. The topological polar surface area (TPSA) is 151 Å². The smallest absolute Gasteiger partial charge is 0.329 e. The normalized spacial score (nSPS) is 27.2. The predicted octanol–water partition coefficient (Wildman–Crippen LogP) is 4.91. The number of carbonyl (C=O) groups excluding carboxylic acids is 3. The largest absolute Gasteiger partial charge is 0.340 e. The summed E-state index contributed by atoms with van der Waals surface area (Å²) in [6.07, 6.45) is 5.50. The van der Waals surface area contributed by atoms with Crippen LogP contribution in [-0.2, 0) is 20.3 Å². The Kier molecular flexibility index (Phi) is 8.05. The Labute approximate surface area is 271 Å². The molecule has 3 aliphatic heterocycles. The van der Waals surface area contributed by atoms with E-state index in [2.05, 4.69) is 11.4 Å². The highest BCUT2D eigenvalue weighted by Gasteiger charge is 2.64. The van der Waals surface area contributed by atoms with Gasteiger partial charge in [0.2, 0.25) is 11.8 Å². The van der Waals surface area contributed by atoms with Crippen molar-refractivity contribution in [2.75, 3.05) is 6.54 Å². The number of likely N-dealkylation sites (tertiary alicyclic amines) is 1. The quantitative estimate of drug-likeness (QED) is 0.318. The molecule has 3 amide bonds. The molecule has 5 atom stereocenters. The molecule has 1 aromatic heterocycles. The van der Waals surface area contributed by atoms with Crippen LogP contribution in [-0.4, -0.2) is 67.5 Å². The molecule has 3 N–H and O–H groups in total. The molecule has 46 heavy (non-hydrogen) atoms. The van der Waals surface area contributed by atoms with E-state index in [4.69, 9.17) is 0 Å². The van der Waals surface area contributed by atoms with Gasteiger partial charge in [-0.2, -0.15) is 5.26 Å². The molecule has 10 nitrogen and oxygen atoms in total. The van der Waals surface area contributed by atoms with E-state index in [0.717, 1.165) is 48.8 Å². The number of nitrogens with one attached hydrogen (secondary N) is 1. The van der Waals surface area contributed by atoms with Gasteiger partial charge in [-0.1, -0.05) is 49.2 Å². The van der Waals surface area contributed by atoms with Gasteiger partial charge in [0.05, 0.1) is 28.6 Å². The summed E-state index contributed by atoms with van der Waals surface area (Å²) < 4.78 is 12.3. The Morgan fingerprint density at radius 1 is 1.04 bits per heavy atom. The molecule has 1 aliphatic carbocycles. The van der Waals surface area contributed by atoms with Crippen molar-refractivity contribution in [2.45, 2.75) is 87.1 Å². The molecule has 7 rings (SSSR count). The third-order valence-corrected chi connectivity index (χ3v) is 12.3. The van der Waals surface area contributed by atoms with E-state index in [1.165, 1.54) is 11.3 Å². The molecule has 1 spiro atoms. The van der Waals surface area contributed by atoms with Gasteiger partial charge in [0.25, 0.3) is 5.91 Å². The lowest BCUT2D eigenvalue weighted by molar-refractivity contribution is -0.148. The fraction of sp³-hybridized carbons (Fsp3) is 0.471. The molecule has 3 aromatic rings. The van der Waals surface area contributed by atoms with Crippen molar-refractivity contribution < 1.29 is 28.7 Å². The highest BCUT2D eigenvalue weighted by molar-refractivity contribution is 7.50. The first kappa shape index (κ1) is 31.1. The summed E-state index contributed by atoms with van der Waals surface area (Å²) in [7, 11) is -4.23. The van der Waals surface area contributed by atoms with Crippen LogP contribution in [0, 0.1) is 17.2 Å². The number of nitriles is 1. The minimum absolute atomic E-state index is 0.0626. The van der Waals surface area contributed by atoms with Gasteiger partial charge in [-0.3, -0.25) is 18.9 Å². The SMILES string of the molecule is N#C[C@H]1[C@H](c2ccccc2)CN(C(=O)[C@@H]2CC[C@@H]3CCCC[C@H](NC(=O)c4cc5cc(CP(=O)(O)O)ccc5s4)C(=O)N32)C12CC2. The van der Waals surface area contributed by atoms with Crippen LogP contribution in [0.5, 0.6) is 0 Å². The number of benzene rings is 2. The Hall–Kier alpha value is -3.55. The fourth-order valence-electron chi connectivity index (χ4n) is 8.11. The first-order chi connectivity index (χ1) is 22.1. The van der Waals surface area contributed by atoms with Gasteiger partial charge in [-0.15, -0.1) is 11.3 Å². The van der Waals surface area contributed by atoms with E-state index >= 15 is 0 Å². The van der Waals surface area contributed by atoms with Gasteiger partial charge in [0.1, 0.15) is 12.1 Å². The lowest BCUT2D eigenvalue weighted by atomic mass is 9.85. The van der Waals surface area contributed by atoms with Gasteiger partial charge in [0.15, 0.2) is 0 Å². The summed E-state index contributed by atoms with van der Waals surface area (Å²) in [6, 6.07) is 17.8. The Balaban J connectivity index is 1.10. The zero-order valence-corrected chi connectivity index (χ0v) is 27.1. The zero-order valence-electron chi connectivity index (χ0n) is 25.4. The Morgan fingerprint density at radius 2 is 1.80 bits per heavy atom. The molecule has 12 heteroatoms.